The van der Waals surface area contributed by atoms with Gasteiger partial charge >= 0.3 is 0 Å². The molecule has 8 aromatic carbocycles. The minimum Gasteiger partial charge on any atom is -0.456 e. The van der Waals surface area contributed by atoms with Crippen LogP contribution in [0.15, 0.2) is 191 Å². The molecule has 0 aliphatic rings. The Labute approximate surface area is 342 Å². The standard InChI is InChI=1S/C52H30N6O2/c1-3-10-32(11-4-1)49-56-50(33-12-5-2-6-13-33)58-51(57-49)34-20-18-31(19-21-34)36-24-25-37(39-15-8-7-14-38(36)39)35-22-23-40-45(30-35)59-44-27-26-43-48(46(40)44)60-52(55-43)41-16-9-17-42-47(41)54-29-28-53-42/h1-30H. The summed E-state index contributed by atoms with van der Waals surface area (Å²) in [5, 5.41) is 4.16. The van der Waals surface area contributed by atoms with Crippen molar-refractivity contribution < 1.29 is 8.83 Å². The second-order valence-corrected chi connectivity index (χ2v) is 14.7. The molecule has 12 rings (SSSR count). The van der Waals surface area contributed by atoms with Crippen molar-refractivity contribution in [2.45, 2.75) is 0 Å². The number of nitrogens with zero attached hydrogens (tertiary/aromatic N) is 6. The van der Waals surface area contributed by atoms with Crippen LogP contribution in [-0.2, 0) is 0 Å². The highest BCUT2D eigenvalue weighted by atomic mass is 16.4. The van der Waals surface area contributed by atoms with Gasteiger partial charge in [0.05, 0.1) is 16.5 Å². The van der Waals surface area contributed by atoms with Crippen molar-refractivity contribution in [3.8, 4) is 67.9 Å². The normalized spacial score (nSPS) is 11.7. The number of fused-ring (bicyclic) bond motifs is 7. The highest BCUT2D eigenvalue weighted by Gasteiger charge is 2.20. The van der Waals surface area contributed by atoms with E-state index in [9.17, 15) is 0 Å². The molecule has 0 spiro atoms. The summed E-state index contributed by atoms with van der Waals surface area (Å²) in [5.41, 5.74) is 12.5. The second-order valence-electron chi connectivity index (χ2n) is 14.7. The van der Waals surface area contributed by atoms with Gasteiger partial charge in [-0.25, -0.2) is 19.9 Å². The van der Waals surface area contributed by atoms with Gasteiger partial charge in [-0.15, -0.1) is 0 Å². The molecule has 0 amide bonds. The van der Waals surface area contributed by atoms with Gasteiger partial charge in [0.15, 0.2) is 23.1 Å². The Morgan fingerprint density at radius 3 is 1.65 bits per heavy atom. The van der Waals surface area contributed by atoms with Gasteiger partial charge in [-0.3, -0.25) is 9.97 Å². The first-order valence-corrected chi connectivity index (χ1v) is 19.7. The first kappa shape index (κ1) is 33.7. The Balaban J connectivity index is 0.910. The van der Waals surface area contributed by atoms with E-state index in [1.54, 1.807) is 12.4 Å². The van der Waals surface area contributed by atoms with Crippen molar-refractivity contribution in [2.75, 3.05) is 0 Å². The van der Waals surface area contributed by atoms with Crippen molar-refractivity contribution in [1.82, 2.24) is 29.9 Å². The molecule has 0 saturated carbocycles. The van der Waals surface area contributed by atoms with Gasteiger partial charge < -0.3 is 8.83 Å². The number of hydrogen-bond acceptors (Lipinski definition) is 8. The molecular weight excluding hydrogens is 741 g/mol. The zero-order valence-corrected chi connectivity index (χ0v) is 31.8. The number of benzene rings is 8. The minimum atomic E-state index is 0.496. The molecule has 0 saturated heterocycles. The molecule has 4 heterocycles. The Bertz CT molecular complexity index is 3540. The summed E-state index contributed by atoms with van der Waals surface area (Å²) in [5.74, 6) is 2.40. The highest BCUT2D eigenvalue weighted by molar-refractivity contribution is 6.17. The minimum absolute atomic E-state index is 0.496. The highest BCUT2D eigenvalue weighted by Crippen LogP contribution is 2.41. The first-order valence-electron chi connectivity index (χ1n) is 19.7. The van der Waals surface area contributed by atoms with E-state index < -0.39 is 0 Å². The van der Waals surface area contributed by atoms with Gasteiger partial charge in [-0.2, -0.15) is 0 Å². The predicted octanol–water partition coefficient (Wildman–Crippen LogP) is 13.0. The van der Waals surface area contributed by atoms with Crippen LogP contribution in [0.25, 0.3) is 123 Å². The summed E-state index contributed by atoms with van der Waals surface area (Å²) in [7, 11) is 0. The van der Waals surface area contributed by atoms with Crippen molar-refractivity contribution in [2.24, 2.45) is 0 Å². The molecule has 0 atom stereocenters. The van der Waals surface area contributed by atoms with Crippen molar-refractivity contribution in [3.05, 3.63) is 182 Å². The summed E-state index contributed by atoms with van der Waals surface area (Å²) in [4.78, 5) is 28.6. The molecule has 0 aliphatic heterocycles. The monoisotopic (exact) mass is 770 g/mol. The molecule has 0 N–H and O–H groups in total. The van der Waals surface area contributed by atoms with Gasteiger partial charge in [0, 0.05) is 34.5 Å². The number of rotatable bonds is 6. The maximum absolute atomic E-state index is 6.50. The average Bonchev–Trinajstić information content (AvgIpc) is 3.93. The van der Waals surface area contributed by atoms with E-state index in [0.717, 1.165) is 93.8 Å². The molecular formula is C52H30N6O2. The maximum Gasteiger partial charge on any atom is 0.229 e. The third-order valence-electron chi connectivity index (χ3n) is 11.1. The molecule has 8 heteroatoms. The average molecular weight is 771 g/mol. The van der Waals surface area contributed by atoms with E-state index in [2.05, 4.69) is 88.8 Å². The third kappa shape index (κ3) is 5.61. The first-order chi connectivity index (χ1) is 29.7. The van der Waals surface area contributed by atoms with Crippen LogP contribution in [0.5, 0.6) is 0 Å². The maximum atomic E-state index is 6.50. The lowest BCUT2D eigenvalue weighted by Gasteiger charge is -2.13. The summed E-state index contributed by atoms with van der Waals surface area (Å²) in [6.07, 6.45) is 3.37. The molecule has 0 bridgehead atoms. The number of para-hydroxylation sites is 1. The third-order valence-corrected chi connectivity index (χ3v) is 11.1. The molecule has 4 aromatic heterocycles. The lowest BCUT2D eigenvalue weighted by Crippen LogP contribution is -2.00. The molecule has 0 fully saturated rings. The number of oxazole rings is 1. The van der Waals surface area contributed by atoms with Gasteiger partial charge in [-0.1, -0.05) is 133 Å². The quantitative estimate of drug-likeness (QED) is 0.165. The summed E-state index contributed by atoms with van der Waals surface area (Å²) < 4.78 is 13.0. The van der Waals surface area contributed by atoms with Crippen molar-refractivity contribution in [1.29, 1.82) is 0 Å². The molecule has 12 aromatic rings. The SMILES string of the molecule is c1ccc(-c2nc(-c3ccccc3)nc(-c3ccc(-c4ccc(-c5ccc6c(c5)oc5ccc7nc(-c8cccc9nccnc89)oc7c56)c5ccccc45)cc3)n2)cc1. The van der Waals surface area contributed by atoms with Gasteiger partial charge in [-0.05, 0) is 69.4 Å². The molecule has 0 radical (unpaired) electrons. The second kappa shape index (κ2) is 13.6. The van der Waals surface area contributed by atoms with E-state index in [1.807, 2.05) is 91.0 Å². The molecule has 0 unspecified atom stereocenters. The lowest BCUT2D eigenvalue weighted by molar-refractivity contribution is 0.623. The van der Waals surface area contributed by atoms with Crippen LogP contribution >= 0.6 is 0 Å². The van der Waals surface area contributed by atoms with Crippen molar-refractivity contribution >= 4 is 54.8 Å². The van der Waals surface area contributed by atoms with Crippen LogP contribution in [0.4, 0.5) is 0 Å². The molecule has 60 heavy (non-hydrogen) atoms. The Hall–Kier alpha value is -8.36. The Morgan fingerprint density at radius 2 is 0.950 bits per heavy atom. The van der Waals surface area contributed by atoms with Gasteiger partial charge in [0.25, 0.3) is 0 Å². The van der Waals surface area contributed by atoms with Crippen LogP contribution in [-0.4, -0.2) is 29.9 Å². The van der Waals surface area contributed by atoms with E-state index in [4.69, 9.17) is 28.8 Å². The Morgan fingerprint density at radius 1 is 0.350 bits per heavy atom. The van der Waals surface area contributed by atoms with Crippen molar-refractivity contribution in [3.63, 3.8) is 0 Å². The smallest absolute Gasteiger partial charge is 0.229 e. The fourth-order valence-corrected chi connectivity index (χ4v) is 8.23. The topological polar surface area (TPSA) is 104 Å². The van der Waals surface area contributed by atoms with Crippen LogP contribution < -0.4 is 0 Å². The molecule has 0 aliphatic carbocycles. The van der Waals surface area contributed by atoms with E-state index in [-0.39, 0.29) is 0 Å². The fraction of sp³-hybridized carbons (Fsp3) is 0. The van der Waals surface area contributed by atoms with E-state index in [1.165, 1.54) is 0 Å². The van der Waals surface area contributed by atoms with Gasteiger partial charge in [0.1, 0.15) is 22.2 Å². The zero-order chi connectivity index (χ0) is 39.6. The lowest BCUT2D eigenvalue weighted by atomic mass is 9.91. The fourth-order valence-electron chi connectivity index (χ4n) is 8.23. The largest absolute Gasteiger partial charge is 0.456 e. The zero-order valence-electron chi connectivity index (χ0n) is 31.8. The van der Waals surface area contributed by atoms with Crippen LogP contribution in [0.3, 0.4) is 0 Å². The van der Waals surface area contributed by atoms with E-state index in [0.29, 0.717) is 28.9 Å². The summed E-state index contributed by atoms with van der Waals surface area (Å²) in [6.45, 7) is 0. The number of furan rings is 1. The predicted molar refractivity (Wildman–Crippen MR) is 238 cm³/mol. The van der Waals surface area contributed by atoms with Crippen LogP contribution in [0, 0.1) is 0 Å². The molecule has 280 valence electrons. The number of aromatic nitrogens is 6. The molecule has 8 nitrogen and oxygen atoms in total. The summed E-state index contributed by atoms with van der Waals surface area (Å²) in [6, 6.07) is 57.7. The number of hydrogen-bond donors (Lipinski definition) is 0. The Kier molecular flexibility index (Phi) is 7.67. The van der Waals surface area contributed by atoms with E-state index >= 15 is 0 Å². The van der Waals surface area contributed by atoms with Crippen LogP contribution in [0.1, 0.15) is 0 Å². The van der Waals surface area contributed by atoms with Gasteiger partial charge in [0.2, 0.25) is 5.89 Å². The van der Waals surface area contributed by atoms with Crippen LogP contribution in [0.2, 0.25) is 0 Å². The summed E-state index contributed by atoms with van der Waals surface area (Å²) >= 11 is 0.